The first-order valence-electron chi connectivity index (χ1n) is 6.11. The highest BCUT2D eigenvalue weighted by atomic mass is 35.5. The summed E-state index contributed by atoms with van der Waals surface area (Å²) in [4.78, 5) is 2.36. The van der Waals surface area contributed by atoms with Gasteiger partial charge < -0.3 is 10.6 Å². The van der Waals surface area contributed by atoms with Crippen LogP contribution >= 0.6 is 11.6 Å². The lowest BCUT2D eigenvalue weighted by Crippen LogP contribution is -2.19. The van der Waals surface area contributed by atoms with Gasteiger partial charge in [-0.25, -0.2) is 0 Å². The minimum Gasteiger partial charge on any atom is -0.399 e. The quantitative estimate of drug-likeness (QED) is 0.836. The SMILES string of the molecule is Nc1ccc(Cl)c(CN2CCc3ccccc32)c1. The summed E-state index contributed by atoms with van der Waals surface area (Å²) in [7, 11) is 0. The van der Waals surface area contributed by atoms with Gasteiger partial charge in [-0.3, -0.25) is 0 Å². The van der Waals surface area contributed by atoms with Gasteiger partial charge in [0.2, 0.25) is 0 Å². The van der Waals surface area contributed by atoms with Crippen LogP contribution in [0.15, 0.2) is 42.5 Å². The number of anilines is 2. The van der Waals surface area contributed by atoms with Gasteiger partial charge in [-0.05, 0) is 41.8 Å². The van der Waals surface area contributed by atoms with E-state index in [2.05, 4.69) is 29.2 Å². The number of fused-ring (bicyclic) bond motifs is 1. The van der Waals surface area contributed by atoms with E-state index >= 15 is 0 Å². The molecule has 1 aliphatic heterocycles. The van der Waals surface area contributed by atoms with Crippen LogP contribution in [0.4, 0.5) is 11.4 Å². The first kappa shape index (κ1) is 11.4. The molecule has 0 saturated carbocycles. The van der Waals surface area contributed by atoms with E-state index in [9.17, 15) is 0 Å². The predicted molar refractivity (Wildman–Crippen MR) is 77.1 cm³/mol. The molecular formula is C15H15ClN2. The van der Waals surface area contributed by atoms with Gasteiger partial charge in [0.25, 0.3) is 0 Å². The van der Waals surface area contributed by atoms with Crippen LogP contribution < -0.4 is 10.6 Å². The maximum atomic E-state index is 6.22. The highest BCUT2D eigenvalue weighted by Crippen LogP contribution is 2.30. The van der Waals surface area contributed by atoms with E-state index in [4.69, 9.17) is 17.3 Å². The minimum atomic E-state index is 0.766. The Morgan fingerprint density at radius 3 is 2.89 bits per heavy atom. The Balaban J connectivity index is 1.88. The number of halogens is 1. The zero-order chi connectivity index (χ0) is 12.5. The van der Waals surface area contributed by atoms with Crippen molar-refractivity contribution >= 4 is 23.0 Å². The monoisotopic (exact) mass is 258 g/mol. The normalized spacial score (nSPS) is 13.7. The molecule has 0 radical (unpaired) electrons. The summed E-state index contributed by atoms with van der Waals surface area (Å²) in [5.74, 6) is 0. The second-order valence-corrected chi connectivity index (χ2v) is 5.06. The molecule has 18 heavy (non-hydrogen) atoms. The molecule has 0 unspecified atom stereocenters. The highest BCUT2D eigenvalue weighted by molar-refractivity contribution is 6.31. The smallest absolute Gasteiger partial charge is 0.0457 e. The Hall–Kier alpha value is -1.67. The lowest BCUT2D eigenvalue weighted by Gasteiger charge is -2.20. The van der Waals surface area contributed by atoms with E-state index in [0.29, 0.717) is 0 Å². The average molecular weight is 259 g/mol. The van der Waals surface area contributed by atoms with Crippen LogP contribution in [-0.2, 0) is 13.0 Å². The van der Waals surface area contributed by atoms with Crippen molar-refractivity contribution in [3.8, 4) is 0 Å². The standard InChI is InChI=1S/C15H15ClN2/c16-14-6-5-13(17)9-12(14)10-18-8-7-11-3-1-2-4-15(11)18/h1-6,9H,7-8,10,17H2. The zero-order valence-corrected chi connectivity index (χ0v) is 10.8. The summed E-state index contributed by atoms with van der Waals surface area (Å²) in [5.41, 5.74) is 10.4. The fourth-order valence-corrected chi connectivity index (χ4v) is 2.67. The molecule has 0 fully saturated rings. The Bertz CT molecular complexity index is 580. The first-order chi connectivity index (χ1) is 8.74. The van der Waals surface area contributed by atoms with E-state index < -0.39 is 0 Å². The lowest BCUT2D eigenvalue weighted by atomic mass is 10.1. The third-order valence-corrected chi connectivity index (χ3v) is 3.78. The topological polar surface area (TPSA) is 29.3 Å². The van der Waals surface area contributed by atoms with Crippen molar-refractivity contribution in [1.29, 1.82) is 0 Å². The van der Waals surface area contributed by atoms with Crippen molar-refractivity contribution < 1.29 is 0 Å². The molecule has 0 atom stereocenters. The molecule has 0 saturated heterocycles. The minimum absolute atomic E-state index is 0.766. The van der Waals surface area contributed by atoms with Crippen molar-refractivity contribution in [3.05, 3.63) is 58.6 Å². The van der Waals surface area contributed by atoms with Crippen LogP contribution in [0.25, 0.3) is 0 Å². The molecule has 1 aliphatic rings. The van der Waals surface area contributed by atoms with Gasteiger partial charge in [0.05, 0.1) is 0 Å². The number of hydrogen-bond donors (Lipinski definition) is 1. The molecule has 2 aromatic rings. The third-order valence-electron chi connectivity index (χ3n) is 3.41. The summed E-state index contributed by atoms with van der Waals surface area (Å²) in [6, 6.07) is 14.2. The van der Waals surface area contributed by atoms with E-state index in [0.717, 1.165) is 35.8 Å². The van der Waals surface area contributed by atoms with Gasteiger partial charge >= 0.3 is 0 Å². The van der Waals surface area contributed by atoms with Crippen molar-refractivity contribution in [2.75, 3.05) is 17.2 Å². The zero-order valence-electron chi connectivity index (χ0n) is 10.1. The van der Waals surface area contributed by atoms with E-state index in [1.54, 1.807) is 0 Å². The molecule has 3 rings (SSSR count). The van der Waals surface area contributed by atoms with Gasteiger partial charge in [-0.15, -0.1) is 0 Å². The van der Waals surface area contributed by atoms with E-state index in [1.807, 2.05) is 18.2 Å². The van der Waals surface area contributed by atoms with Crippen LogP contribution in [-0.4, -0.2) is 6.54 Å². The maximum absolute atomic E-state index is 6.22. The molecule has 0 aromatic heterocycles. The third kappa shape index (κ3) is 2.04. The van der Waals surface area contributed by atoms with Crippen molar-refractivity contribution in [3.63, 3.8) is 0 Å². The first-order valence-corrected chi connectivity index (χ1v) is 6.48. The Morgan fingerprint density at radius 1 is 1.17 bits per heavy atom. The second kappa shape index (κ2) is 4.54. The largest absolute Gasteiger partial charge is 0.399 e. The molecule has 2 nitrogen and oxygen atoms in total. The number of nitrogen functional groups attached to an aromatic ring is 1. The fraction of sp³-hybridized carbons (Fsp3) is 0.200. The summed E-state index contributed by atoms with van der Waals surface area (Å²) < 4.78 is 0. The molecule has 3 heteroatoms. The number of hydrogen-bond acceptors (Lipinski definition) is 2. The molecule has 0 amide bonds. The number of benzene rings is 2. The van der Waals surface area contributed by atoms with Crippen LogP contribution in [0.3, 0.4) is 0 Å². The van der Waals surface area contributed by atoms with Crippen molar-refractivity contribution in [2.24, 2.45) is 0 Å². The van der Waals surface area contributed by atoms with Gasteiger partial charge in [0.15, 0.2) is 0 Å². The molecule has 92 valence electrons. The number of nitrogens with two attached hydrogens (primary N) is 1. The highest BCUT2D eigenvalue weighted by Gasteiger charge is 2.19. The molecule has 0 aliphatic carbocycles. The van der Waals surface area contributed by atoms with Crippen molar-refractivity contribution in [2.45, 2.75) is 13.0 Å². The molecule has 2 aromatic carbocycles. The van der Waals surface area contributed by atoms with Crippen molar-refractivity contribution in [1.82, 2.24) is 0 Å². The predicted octanol–water partition coefficient (Wildman–Crippen LogP) is 3.48. The van der Waals surface area contributed by atoms with Gasteiger partial charge in [-0.2, -0.15) is 0 Å². The van der Waals surface area contributed by atoms with Gasteiger partial charge in [0, 0.05) is 29.5 Å². The van der Waals surface area contributed by atoms with Crippen LogP contribution in [0, 0.1) is 0 Å². The van der Waals surface area contributed by atoms with Gasteiger partial charge in [-0.1, -0.05) is 29.8 Å². The molecule has 1 heterocycles. The maximum Gasteiger partial charge on any atom is 0.0457 e. The molecule has 2 N–H and O–H groups in total. The fourth-order valence-electron chi connectivity index (χ4n) is 2.49. The average Bonchev–Trinajstić information content (AvgIpc) is 2.78. The molecule has 0 bridgehead atoms. The summed E-state index contributed by atoms with van der Waals surface area (Å²) >= 11 is 6.22. The molecular weight excluding hydrogens is 244 g/mol. The van der Waals surface area contributed by atoms with E-state index in [1.165, 1.54) is 11.3 Å². The van der Waals surface area contributed by atoms with Crippen LogP contribution in [0.5, 0.6) is 0 Å². The summed E-state index contributed by atoms with van der Waals surface area (Å²) in [6.45, 7) is 1.87. The van der Waals surface area contributed by atoms with Crippen LogP contribution in [0.1, 0.15) is 11.1 Å². The number of nitrogens with zero attached hydrogens (tertiary/aromatic N) is 1. The Labute approximate surface area is 112 Å². The Morgan fingerprint density at radius 2 is 2.00 bits per heavy atom. The molecule has 0 spiro atoms. The Kier molecular flexibility index (Phi) is 2.88. The lowest BCUT2D eigenvalue weighted by molar-refractivity contribution is 0.836. The van der Waals surface area contributed by atoms with Gasteiger partial charge in [0.1, 0.15) is 0 Å². The number of para-hydroxylation sites is 1. The summed E-state index contributed by atoms with van der Waals surface area (Å²) in [5, 5.41) is 0.786. The van der Waals surface area contributed by atoms with E-state index in [-0.39, 0.29) is 0 Å². The summed E-state index contributed by atoms with van der Waals surface area (Å²) in [6.07, 6.45) is 1.11. The number of rotatable bonds is 2. The van der Waals surface area contributed by atoms with Crippen LogP contribution in [0.2, 0.25) is 5.02 Å². The second-order valence-electron chi connectivity index (χ2n) is 4.65.